The largest absolute Gasteiger partial charge is 0.294 e. The summed E-state index contributed by atoms with van der Waals surface area (Å²) in [6.45, 7) is 0. The van der Waals surface area contributed by atoms with E-state index >= 15 is 0 Å². The fourth-order valence-electron chi connectivity index (χ4n) is 5.07. The molecule has 0 saturated heterocycles. The Balaban J connectivity index is 0.000000153. The predicted octanol–water partition coefficient (Wildman–Crippen LogP) is 12.4. The molecule has 3 heteroatoms. The molecular formula is C51H42O3. The highest BCUT2D eigenvalue weighted by atomic mass is 16.2. The first kappa shape index (κ1) is 39.6. The number of hydrogen-bond donors (Lipinski definition) is 0. The lowest BCUT2D eigenvalue weighted by atomic mass is 10.1. The maximum absolute atomic E-state index is 9.44. The maximum atomic E-state index is 9.44. The highest BCUT2D eigenvalue weighted by Gasteiger charge is 1.95. The van der Waals surface area contributed by atoms with Crippen LogP contribution in [0.4, 0.5) is 0 Å². The molecule has 0 aliphatic carbocycles. The summed E-state index contributed by atoms with van der Waals surface area (Å²) in [6, 6.07) is 83.1. The molecule has 8 aromatic rings. The first-order valence-electron chi connectivity index (χ1n) is 17.5. The second kappa shape index (κ2) is 24.0. The highest BCUT2D eigenvalue weighted by molar-refractivity contribution is 6.50. The fourth-order valence-corrected chi connectivity index (χ4v) is 5.07. The number of carbonyl (C=O) groups excluding carboxylic acids is 3. The van der Waals surface area contributed by atoms with Crippen molar-refractivity contribution in [3.05, 3.63) is 243 Å². The van der Waals surface area contributed by atoms with Crippen LogP contribution < -0.4 is 0 Å². The van der Waals surface area contributed by atoms with Gasteiger partial charge < -0.3 is 0 Å². The SMILES string of the molecule is O=CC(=O)C=O.c1ccc(-c2ccccc2)cc1.c1ccc(-c2ccccc2)cc1.c1ccc(-c2ccccc2)cc1.c1ccc(-c2ccccc2)cc1. The van der Waals surface area contributed by atoms with Gasteiger partial charge in [0.15, 0.2) is 12.6 Å². The van der Waals surface area contributed by atoms with E-state index < -0.39 is 5.78 Å². The molecule has 0 aliphatic heterocycles. The molecule has 3 nitrogen and oxygen atoms in total. The first-order valence-corrected chi connectivity index (χ1v) is 17.5. The molecule has 0 heterocycles. The average Bonchev–Trinajstić information content (AvgIpc) is 3.29. The summed E-state index contributed by atoms with van der Waals surface area (Å²) < 4.78 is 0. The standard InChI is InChI=1S/4C12H10.C3H2O3/c4*1-3-7-11(8-4-1)12-9-5-2-6-10-12;4-1-3(6)2-5/h4*1-10H;1-2H. The number of benzene rings is 8. The minimum absolute atomic E-state index is 0.0347. The van der Waals surface area contributed by atoms with Gasteiger partial charge in [-0.2, -0.15) is 0 Å². The topological polar surface area (TPSA) is 51.2 Å². The van der Waals surface area contributed by atoms with Crippen molar-refractivity contribution in [2.24, 2.45) is 0 Å². The van der Waals surface area contributed by atoms with Crippen molar-refractivity contribution in [3.8, 4) is 44.5 Å². The van der Waals surface area contributed by atoms with Crippen LogP contribution in [-0.4, -0.2) is 18.4 Å². The molecule has 54 heavy (non-hydrogen) atoms. The third-order valence-electron chi connectivity index (χ3n) is 7.76. The molecule has 0 spiro atoms. The molecule has 8 rings (SSSR count). The summed E-state index contributed by atoms with van der Waals surface area (Å²) in [5, 5.41) is 0. The zero-order chi connectivity index (χ0) is 37.9. The number of rotatable bonds is 6. The molecule has 0 aromatic heterocycles. The monoisotopic (exact) mass is 702 g/mol. The summed E-state index contributed by atoms with van der Waals surface area (Å²) in [7, 11) is 0. The van der Waals surface area contributed by atoms with Gasteiger partial charge in [-0.3, -0.25) is 14.4 Å². The third kappa shape index (κ3) is 14.6. The van der Waals surface area contributed by atoms with Crippen LogP contribution in [0.15, 0.2) is 243 Å². The van der Waals surface area contributed by atoms with E-state index in [0.717, 1.165) is 0 Å². The second-order valence-corrected chi connectivity index (χ2v) is 11.6. The number of hydrogen-bond acceptors (Lipinski definition) is 3. The Morgan fingerprint density at radius 2 is 0.333 bits per heavy atom. The number of Topliss-reactive ketones (excluding diaryl/α,β-unsaturated/α-hetero) is 1. The molecule has 0 saturated carbocycles. The summed E-state index contributed by atoms with van der Waals surface area (Å²) >= 11 is 0. The molecule has 0 bridgehead atoms. The van der Waals surface area contributed by atoms with E-state index in [2.05, 4.69) is 194 Å². The lowest BCUT2D eigenvalue weighted by Gasteiger charge is -1.98. The second-order valence-electron chi connectivity index (χ2n) is 11.6. The zero-order valence-corrected chi connectivity index (χ0v) is 30.0. The number of ketones is 1. The Morgan fingerprint density at radius 3 is 0.407 bits per heavy atom. The van der Waals surface area contributed by atoms with Crippen molar-refractivity contribution >= 4 is 18.4 Å². The molecule has 0 aliphatic rings. The fraction of sp³-hybridized carbons (Fsp3) is 0. The molecule has 0 radical (unpaired) electrons. The van der Waals surface area contributed by atoms with Crippen LogP contribution in [0, 0.1) is 0 Å². The van der Waals surface area contributed by atoms with Crippen molar-refractivity contribution in [2.75, 3.05) is 0 Å². The van der Waals surface area contributed by atoms with Crippen molar-refractivity contribution in [2.45, 2.75) is 0 Å². The van der Waals surface area contributed by atoms with Gasteiger partial charge in [0.05, 0.1) is 0 Å². The van der Waals surface area contributed by atoms with Gasteiger partial charge in [-0.1, -0.05) is 243 Å². The number of aldehydes is 2. The first-order chi connectivity index (χ1) is 26.7. The van der Waals surface area contributed by atoms with Gasteiger partial charge in [0, 0.05) is 0 Å². The Labute approximate surface area is 318 Å². The van der Waals surface area contributed by atoms with Crippen LogP contribution in [0.1, 0.15) is 0 Å². The van der Waals surface area contributed by atoms with Gasteiger partial charge in [-0.15, -0.1) is 0 Å². The average molecular weight is 703 g/mol. The van der Waals surface area contributed by atoms with Crippen LogP contribution in [0.25, 0.3) is 44.5 Å². The van der Waals surface area contributed by atoms with Crippen molar-refractivity contribution in [1.82, 2.24) is 0 Å². The summed E-state index contributed by atoms with van der Waals surface area (Å²) in [5.74, 6) is -1.02. The van der Waals surface area contributed by atoms with Crippen LogP contribution in [0.2, 0.25) is 0 Å². The minimum atomic E-state index is -1.02. The van der Waals surface area contributed by atoms with E-state index in [1.807, 2.05) is 48.5 Å². The van der Waals surface area contributed by atoms with Crippen molar-refractivity contribution < 1.29 is 14.4 Å². The molecule has 0 atom stereocenters. The molecule has 0 fully saturated rings. The Kier molecular flexibility index (Phi) is 17.6. The van der Waals surface area contributed by atoms with E-state index in [1.165, 1.54) is 44.5 Å². The highest BCUT2D eigenvalue weighted by Crippen LogP contribution is 2.20. The quantitative estimate of drug-likeness (QED) is 0.0984. The van der Waals surface area contributed by atoms with Gasteiger partial charge in [0.1, 0.15) is 0 Å². The molecule has 264 valence electrons. The van der Waals surface area contributed by atoms with E-state index in [-0.39, 0.29) is 12.6 Å². The van der Waals surface area contributed by atoms with E-state index in [1.54, 1.807) is 0 Å². The van der Waals surface area contributed by atoms with Crippen molar-refractivity contribution in [3.63, 3.8) is 0 Å². The Hall–Kier alpha value is -7.23. The molecule has 0 N–H and O–H groups in total. The molecule has 0 unspecified atom stereocenters. The molecular weight excluding hydrogens is 661 g/mol. The number of carbonyl (C=O) groups is 3. The Bertz CT molecular complexity index is 1700. The van der Waals surface area contributed by atoms with Crippen LogP contribution in [0.5, 0.6) is 0 Å². The maximum Gasteiger partial charge on any atom is 0.257 e. The van der Waals surface area contributed by atoms with Crippen LogP contribution >= 0.6 is 0 Å². The van der Waals surface area contributed by atoms with Crippen LogP contribution in [0.3, 0.4) is 0 Å². The van der Waals surface area contributed by atoms with Crippen molar-refractivity contribution in [1.29, 1.82) is 0 Å². The van der Waals surface area contributed by atoms with Gasteiger partial charge in [-0.05, 0) is 44.5 Å². The minimum Gasteiger partial charge on any atom is -0.294 e. The summed E-state index contributed by atoms with van der Waals surface area (Å²) in [6.07, 6.45) is -0.0694. The van der Waals surface area contributed by atoms with Gasteiger partial charge in [-0.25, -0.2) is 0 Å². The van der Waals surface area contributed by atoms with E-state index in [4.69, 9.17) is 9.59 Å². The smallest absolute Gasteiger partial charge is 0.257 e. The summed E-state index contributed by atoms with van der Waals surface area (Å²) in [4.78, 5) is 27.8. The summed E-state index contributed by atoms with van der Waals surface area (Å²) in [5.41, 5.74) is 10.2. The zero-order valence-electron chi connectivity index (χ0n) is 30.0. The van der Waals surface area contributed by atoms with Gasteiger partial charge in [0.2, 0.25) is 0 Å². The lowest BCUT2D eigenvalue weighted by Crippen LogP contribution is -1.97. The van der Waals surface area contributed by atoms with Gasteiger partial charge in [0.25, 0.3) is 5.78 Å². The van der Waals surface area contributed by atoms with Crippen LogP contribution in [-0.2, 0) is 14.4 Å². The van der Waals surface area contributed by atoms with E-state index in [9.17, 15) is 4.79 Å². The molecule has 8 aromatic carbocycles. The Morgan fingerprint density at radius 1 is 0.222 bits per heavy atom. The predicted molar refractivity (Wildman–Crippen MR) is 225 cm³/mol. The normalized spacial score (nSPS) is 9.33. The lowest BCUT2D eigenvalue weighted by molar-refractivity contribution is -0.135. The van der Waals surface area contributed by atoms with E-state index in [0.29, 0.717) is 0 Å². The third-order valence-corrected chi connectivity index (χ3v) is 7.76. The van der Waals surface area contributed by atoms with Gasteiger partial charge >= 0.3 is 0 Å². The molecule has 0 amide bonds.